The molecule has 1 rings (SSSR count). The minimum Gasteiger partial charge on any atom is -0.466 e. The lowest BCUT2D eigenvalue weighted by molar-refractivity contribution is -0.144. The normalized spacial score (nSPS) is 10.7. The van der Waals surface area contributed by atoms with Crippen molar-refractivity contribution in [3.05, 3.63) is 32.6 Å². The number of rotatable bonds is 11. The van der Waals surface area contributed by atoms with Gasteiger partial charge in [-0.15, -0.1) is 0 Å². The second kappa shape index (κ2) is 10.8. The molecule has 0 amide bonds. The Labute approximate surface area is 136 Å². The lowest BCUT2D eigenvalue weighted by Crippen LogP contribution is -2.31. The second-order valence-electron chi connectivity index (χ2n) is 5.86. The maximum atomic E-state index is 11.6. The summed E-state index contributed by atoms with van der Waals surface area (Å²) in [5, 5.41) is 0. The molecule has 0 saturated carbocycles. The van der Waals surface area contributed by atoms with E-state index in [0.717, 1.165) is 12.8 Å². The van der Waals surface area contributed by atoms with E-state index in [4.69, 9.17) is 4.74 Å². The van der Waals surface area contributed by atoms with Crippen LogP contribution in [0, 0.1) is 6.92 Å². The van der Waals surface area contributed by atoms with E-state index in [1.54, 1.807) is 6.92 Å². The van der Waals surface area contributed by atoms with Crippen molar-refractivity contribution in [3.63, 3.8) is 0 Å². The van der Waals surface area contributed by atoms with Crippen LogP contribution in [0.3, 0.4) is 0 Å². The molecule has 0 aromatic carbocycles. The zero-order chi connectivity index (χ0) is 17.1. The highest BCUT2D eigenvalue weighted by Gasteiger charge is 2.06. The summed E-state index contributed by atoms with van der Waals surface area (Å²) >= 11 is 0. The number of aryl methyl sites for hydroxylation is 2. The van der Waals surface area contributed by atoms with Gasteiger partial charge in [0.15, 0.2) is 0 Å². The molecule has 0 aliphatic carbocycles. The van der Waals surface area contributed by atoms with Crippen molar-refractivity contribution in [2.45, 2.75) is 71.8 Å². The van der Waals surface area contributed by atoms with Gasteiger partial charge in [0.05, 0.1) is 13.0 Å². The molecular formula is C17H28N2O4. The monoisotopic (exact) mass is 324 g/mol. The van der Waals surface area contributed by atoms with Gasteiger partial charge >= 0.3 is 11.7 Å². The summed E-state index contributed by atoms with van der Waals surface area (Å²) in [7, 11) is 0. The van der Waals surface area contributed by atoms with Gasteiger partial charge in [-0.2, -0.15) is 0 Å². The molecule has 0 unspecified atom stereocenters. The summed E-state index contributed by atoms with van der Waals surface area (Å²) in [5.74, 6) is -0.313. The van der Waals surface area contributed by atoms with Crippen molar-refractivity contribution in [1.82, 2.24) is 9.55 Å². The highest BCUT2D eigenvalue weighted by Crippen LogP contribution is 2.07. The number of H-pyrrole nitrogens is 1. The Morgan fingerprint density at radius 2 is 1.78 bits per heavy atom. The minimum absolute atomic E-state index is 0.127. The summed E-state index contributed by atoms with van der Waals surface area (Å²) in [4.78, 5) is 36.7. The number of esters is 1. The van der Waals surface area contributed by atoms with Crippen LogP contribution in [0.2, 0.25) is 0 Å². The number of hydrogen-bond acceptors (Lipinski definition) is 4. The first-order chi connectivity index (χ1) is 11.0. The van der Waals surface area contributed by atoms with Crippen LogP contribution in [-0.4, -0.2) is 22.1 Å². The van der Waals surface area contributed by atoms with Gasteiger partial charge < -0.3 is 4.74 Å². The second-order valence-corrected chi connectivity index (χ2v) is 5.86. The van der Waals surface area contributed by atoms with Crippen molar-refractivity contribution in [2.75, 3.05) is 6.61 Å². The minimum atomic E-state index is -0.500. The number of unbranched alkanes of at least 4 members (excludes halogenated alkanes) is 6. The van der Waals surface area contributed by atoms with Crippen molar-refractivity contribution < 1.29 is 9.53 Å². The molecule has 23 heavy (non-hydrogen) atoms. The molecule has 6 heteroatoms. The number of carbonyl (C=O) groups excluding carboxylic acids is 1. The topological polar surface area (TPSA) is 81.2 Å². The molecule has 0 fully saturated rings. The largest absolute Gasteiger partial charge is 0.466 e. The number of nitrogens with one attached hydrogen (secondary N) is 1. The van der Waals surface area contributed by atoms with E-state index in [9.17, 15) is 14.4 Å². The van der Waals surface area contributed by atoms with Crippen molar-refractivity contribution in [1.29, 1.82) is 0 Å². The Morgan fingerprint density at radius 1 is 1.13 bits per heavy atom. The fourth-order valence-corrected chi connectivity index (χ4v) is 2.31. The molecule has 0 saturated heterocycles. The standard InChI is InChI=1S/C17H28N2O4/c1-3-4-5-6-7-8-9-12-23-15(20)10-11-19-13-14(2)16(21)18-17(19)22/h13H,3-12H2,1-2H3,(H,18,21,22). The molecule has 1 N–H and O–H groups in total. The third kappa shape index (κ3) is 7.81. The van der Waals surface area contributed by atoms with Crippen molar-refractivity contribution in [3.8, 4) is 0 Å². The number of carbonyl (C=O) groups is 1. The van der Waals surface area contributed by atoms with Gasteiger partial charge in [-0.25, -0.2) is 4.79 Å². The highest BCUT2D eigenvalue weighted by molar-refractivity contribution is 5.69. The van der Waals surface area contributed by atoms with E-state index in [1.165, 1.54) is 42.9 Å². The maximum Gasteiger partial charge on any atom is 0.328 e. The Bertz CT molecular complexity index is 589. The first-order valence-corrected chi connectivity index (χ1v) is 8.50. The van der Waals surface area contributed by atoms with Crippen LogP contribution >= 0.6 is 0 Å². The highest BCUT2D eigenvalue weighted by atomic mass is 16.5. The average molecular weight is 324 g/mol. The summed E-state index contributed by atoms with van der Waals surface area (Å²) < 4.78 is 6.48. The third-order valence-corrected chi connectivity index (χ3v) is 3.76. The zero-order valence-electron chi connectivity index (χ0n) is 14.2. The van der Waals surface area contributed by atoms with E-state index >= 15 is 0 Å². The first kappa shape index (κ1) is 19.2. The van der Waals surface area contributed by atoms with E-state index in [2.05, 4.69) is 11.9 Å². The third-order valence-electron chi connectivity index (χ3n) is 3.76. The molecule has 0 spiro atoms. The summed E-state index contributed by atoms with van der Waals surface area (Å²) in [6, 6.07) is 0. The number of nitrogens with zero attached hydrogens (tertiary/aromatic N) is 1. The number of ether oxygens (including phenoxy) is 1. The summed E-state index contributed by atoms with van der Waals surface area (Å²) in [5.41, 5.74) is -0.450. The Morgan fingerprint density at radius 3 is 2.48 bits per heavy atom. The molecule has 0 atom stereocenters. The van der Waals surface area contributed by atoms with Crippen LogP contribution in [0.5, 0.6) is 0 Å². The van der Waals surface area contributed by atoms with Crippen LogP contribution < -0.4 is 11.2 Å². The molecule has 0 radical (unpaired) electrons. The number of aromatic amines is 1. The van der Waals surface area contributed by atoms with E-state index in [-0.39, 0.29) is 18.9 Å². The predicted octanol–water partition coefficient (Wildman–Crippen LogP) is 2.53. The number of aromatic nitrogens is 2. The van der Waals surface area contributed by atoms with Gasteiger partial charge in [0.1, 0.15) is 0 Å². The van der Waals surface area contributed by atoms with Crippen molar-refractivity contribution >= 4 is 5.97 Å². The van der Waals surface area contributed by atoms with Gasteiger partial charge in [0.25, 0.3) is 5.56 Å². The smallest absolute Gasteiger partial charge is 0.328 e. The fourth-order valence-electron chi connectivity index (χ4n) is 2.31. The summed E-state index contributed by atoms with van der Waals surface area (Å²) in [6.07, 6.45) is 9.80. The fraction of sp³-hybridized carbons (Fsp3) is 0.706. The van der Waals surface area contributed by atoms with E-state index in [0.29, 0.717) is 12.2 Å². The number of hydrogen-bond donors (Lipinski definition) is 1. The Balaban J connectivity index is 2.17. The zero-order valence-corrected chi connectivity index (χ0v) is 14.2. The molecule has 1 heterocycles. The first-order valence-electron chi connectivity index (χ1n) is 8.50. The Hall–Kier alpha value is -1.85. The van der Waals surface area contributed by atoms with E-state index < -0.39 is 11.2 Å². The molecule has 6 nitrogen and oxygen atoms in total. The van der Waals surface area contributed by atoms with Gasteiger partial charge in [-0.1, -0.05) is 45.4 Å². The molecule has 0 bridgehead atoms. The summed E-state index contributed by atoms with van der Waals surface area (Å²) in [6.45, 7) is 4.47. The van der Waals surface area contributed by atoms with Crippen LogP contribution in [0.1, 0.15) is 63.9 Å². The lowest BCUT2D eigenvalue weighted by atomic mass is 10.1. The lowest BCUT2D eigenvalue weighted by Gasteiger charge is -2.07. The molecule has 1 aromatic heterocycles. The van der Waals surface area contributed by atoms with Crippen LogP contribution in [0.4, 0.5) is 0 Å². The Kier molecular flexibility index (Phi) is 9.02. The molecule has 0 aliphatic rings. The van der Waals surface area contributed by atoms with Gasteiger partial charge in [-0.3, -0.25) is 19.1 Å². The molecular weight excluding hydrogens is 296 g/mol. The van der Waals surface area contributed by atoms with Gasteiger partial charge in [-0.05, 0) is 13.3 Å². The van der Waals surface area contributed by atoms with E-state index in [1.807, 2.05) is 0 Å². The predicted molar refractivity (Wildman–Crippen MR) is 89.6 cm³/mol. The van der Waals surface area contributed by atoms with Crippen LogP contribution in [-0.2, 0) is 16.1 Å². The van der Waals surface area contributed by atoms with Crippen LogP contribution in [0.15, 0.2) is 15.8 Å². The SMILES string of the molecule is CCCCCCCCCOC(=O)CCn1cc(C)c(=O)[nH]c1=O. The average Bonchev–Trinajstić information content (AvgIpc) is 2.52. The van der Waals surface area contributed by atoms with Gasteiger partial charge in [0.2, 0.25) is 0 Å². The van der Waals surface area contributed by atoms with Gasteiger partial charge in [0, 0.05) is 18.3 Å². The quantitative estimate of drug-likeness (QED) is 0.501. The van der Waals surface area contributed by atoms with Crippen LogP contribution in [0.25, 0.3) is 0 Å². The molecule has 1 aromatic rings. The maximum absolute atomic E-state index is 11.6. The molecule has 130 valence electrons. The van der Waals surface area contributed by atoms with Crippen molar-refractivity contribution in [2.24, 2.45) is 0 Å². The molecule has 0 aliphatic heterocycles.